The van der Waals surface area contributed by atoms with Crippen LogP contribution < -0.4 is 10.2 Å². The lowest BCUT2D eigenvalue weighted by Crippen LogP contribution is -2.40. The second-order valence-electron chi connectivity index (χ2n) is 10.3. The number of carbonyl (C=O) groups excluding carboxylic acids is 1. The summed E-state index contributed by atoms with van der Waals surface area (Å²) in [6.45, 7) is 9.66. The molecule has 0 saturated carbocycles. The molecule has 2 aliphatic heterocycles. The van der Waals surface area contributed by atoms with Gasteiger partial charge in [0, 0.05) is 12.1 Å². The normalized spacial score (nSPS) is 21.3. The Balaban J connectivity index is 1.38. The number of nitrogens with zero attached hydrogens (tertiary/aromatic N) is 1. The van der Waals surface area contributed by atoms with Gasteiger partial charge in [0.25, 0.3) is 5.91 Å². The Labute approximate surface area is 196 Å². The first-order valence-electron chi connectivity index (χ1n) is 11.6. The summed E-state index contributed by atoms with van der Waals surface area (Å²) in [5, 5.41) is 9.36. The minimum atomic E-state index is -0.945. The van der Waals surface area contributed by atoms with Crippen molar-refractivity contribution in [3.05, 3.63) is 59.7 Å². The molecule has 2 saturated heterocycles. The van der Waals surface area contributed by atoms with Crippen LogP contribution in [0.2, 0.25) is 6.32 Å². The van der Waals surface area contributed by atoms with E-state index in [0.717, 1.165) is 23.1 Å². The van der Waals surface area contributed by atoms with E-state index in [1.807, 2.05) is 24.3 Å². The van der Waals surface area contributed by atoms with Gasteiger partial charge in [0.1, 0.15) is 18.4 Å². The summed E-state index contributed by atoms with van der Waals surface area (Å²) in [5.74, 6) is -0.440. The molecule has 0 aromatic heterocycles. The van der Waals surface area contributed by atoms with Gasteiger partial charge < -0.3 is 19.4 Å². The Morgan fingerprint density at radius 2 is 1.88 bits per heavy atom. The largest absolute Gasteiger partial charge is 0.489 e. The fourth-order valence-electron chi connectivity index (χ4n) is 4.62. The highest BCUT2D eigenvalue weighted by Gasteiger charge is 2.49. The van der Waals surface area contributed by atoms with Crippen LogP contribution in [-0.2, 0) is 16.1 Å². The minimum absolute atomic E-state index is 0.0759. The zero-order chi connectivity index (χ0) is 23.8. The van der Waals surface area contributed by atoms with Crippen molar-refractivity contribution in [1.82, 2.24) is 4.90 Å². The zero-order valence-corrected chi connectivity index (χ0v) is 19.8. The molecule has 1 N–H and O–H groups in total. The Morgan fingerprint density at radius 3 is 2.52 bits per heavy atom. The first-order valence-corrected chi connectivity index (χ1v) is 11.6. The number of amides is 1. The van der Waals surface area contributed by atoms with Crippen LogP contribution in [0.4, 0.5) is 0 Å². The van der Waals surface area contributed by atoms with Crippen molar-refractivity contribution >= 4 is 24.3 Å². The van der Waals surface area contributed by atoms with Gasteiger partial charge in [-0.2, -0.15) is 0 Å². The van der Waals surface area contributed by atoms with Gasteiger partial charge in [-0.1, -0.05) is 38.1 Å². The zero-order valence-electron chi connectivity index (χ0n) is 19.8. The lowest BCUT2D eigenvalue weighted by atomic mass is 9.54. The summed E-state index contributed by atoms with van der Waals surface area (Å²) in [6.07, 6.45) is 2.18. The van der Waals surface area contributed by atoms with Crippen molar-refractivity contribution in [1.29, 1.82) is 0 Å². The quantitative estimate of drug-likeness (QED) is 0.675. The summed E-state index contributed by atoms with van der Waals surface area (Å²) in [4.78, 5) is 25.7. The highest BCUT2D eigenvalue weighted by atomic mass is 16.5. The van der Waals surface area contributed by atoms with Crippen molar-refractivity contribution < 1.29 is 24.1 Å². The molecular formula is C26H32BNO5. The monoisotopic (exact) mass is 449 g/mol. The summed E-state index contributed by atoms with van der Waals surface area (Å²) >= 11 is 0. The van der Waals surface area contributed by atoms with Gasteiger partial charge in [-0.25, -0.2) is 4.79 Å². The van der Waals surface area contributed by atoms with Crippen molar-refractivity contribution in [2.75, 3.05) is 6.54 Å². The molecule has 6 nitrogen and oxygen atoms in total. The Morgan fingerprint density at radius 1 is 1.15 bits per heavy atom. The highest BCUT2D eigenvalue weighted by molar-refractivity contribution is 6.68. The number of likely N-dealkylation sites (tertiary alicyclic amines) is 1. The van der Waals surface area contributed by atoms with Crippen molar-refractivity contribution in [3.63, 3.8) is 0 Å². The lowest BCUT2D eigenvalue weighted by Gasteiger charge is -2.34. The van der Waals surface area contributed by atoms with E-state index in [9.17, 15) is 14.7 Å². The molecule has 7 heteroatoms. The molecule has 4 rings (SSSR count). The fourth-order valence-corrected chi connectivity index (χ4v) is 4.62. The molecule has 1 amide bonds. The first kappa shape index (κ1) is 23.4. The molecule has 174 valence electrons. The summed E-state index contributed by atoms with van der Waals surface area (Å²) in [6, 6.07) is 14.5. The molecule has 2 aromatic rings. The van der Waals surface area contributed by atoms with Gasteiger partial charge in [0.05, 0.1) is 5.60 Å². The third-order valence-electron chi connectivity index (χ3n) is 7.39. The average Bonchev–Trinajstić information content (AvgIpc) is 3.35. The van der Waals surface area contributed by atoms with Crippen molar-refractivity contribution in [2.24, 2.45) is 5.41 Å². The number of hydrogen-bond acceptors (Lipinski definition) is 4. The SMILES string of the molecule is CC1(C)CB(c2ccc(OCc3cccc(C(=O)N4CCC[C@H]4C(=O)O)c3)cc2)OC1(C)C. The molecule has 0 radical (unpaired) electrons. The van der Waals surface area contributed by atoms with E-state index >= 15 is 0 Å². The third-order valence-corrected chi connectivity index (χ3v) is 7.39. The number of benzene rings is 2. The molecule has 1 atom stereocenters. The van der Waals surface area contributed by atoms with Crippen LogP contribution in [0.25, 0.3) is 0 Å². The van der Waals surface area contributed by atoms with Gasteiger partial charge in [0.2, 0.25) is 0 Å². The van der Waals surface area contributed by atoms with E-state index < -0.39 is 12.0 Å². The molecular weight excluding hydrogens is 417 g/mol. The second-order valence-corrected chi connectivity index (χ2v) is 10.3. The maximum absolute atomic E-state index is 12.9. The number of ether oxygens (including phenoxy) is 1. The molecule has 33 heavy (non-hydrogen) atoms. The van der Waals surface area contributed by atoms with Gasteiger partial charge in [-0.3, -0.25) is 4.79 Å². The molecule has 0 bridgehead atoms. The predicted molar refractivity (Wildman–Crippen MR) is 128 cm³/mol. The Hall–Kier alpha value is -2.80. The Bertz CT molecular complexity index is 1020. The van der Waals surface area contributed by atoms with E-state index in [2.05, 4.69) is 39.8 Å². The number of carboxylic acid groups (broad SMARTS) is 1. The molecule has 0 spiro atoms. The van der Waals surface area contributed by atoms with E-state index in [1.54, 1.807) is 12.1 Å². The Kier molecular flexibility index (Phi) is 6.27. The lowest BCUT2D eigenvalue weighted by molar-refractivity contribution is -0.141. The number of hydrogen-bond donors (Lipinski definition) is 1. The van der Waals surface area contributed by atoms with Crippen LogP contribution in [0.1, 0.15) is 56.5 Å². The van der Waals surface area contributed by atoms with Crippen LogP contribution >= 0.6 is 0 Å². The van der Waals surface area contributed by atoms with E-state index in [0.29, 0.717) is 31.6 Å². The molecule has 2 fully saturated rings. The smallest absolute Gasteiger partial charge is 0.327 e. The van der Waals surface area contributed by atoms with Crippen LogP contribution in [0.5, 0.6) is 5.75 Å². The standard InChI is InChI=1S/C26H32BNO5/c1-25(2)17-27(33-26(25,3)4)20-10-12-21(13-11-20)32-16-18-7-5-8-19(15-18)23(29)28-14-6-9-22(28)24(30)31/h5,7-8,10-13,15,22H,6,9,14,16-17H2,1-4H3,(H,30,31)/t22-/m0/s1. The predicted octanol–water partition coefficient (Wildman–Crippen LogP) is 3.99. The average molecular weight is 449 g/mol. The van der Waals surface area contributed by atoms with E-state index in [1.165, 1.54) is 4.90 Å². The van der Waals surface area contributed by atoms with Gasteiger partial charge in [0.15, 0.2) is 0 Å². The number of aliphatic carboxylic acids is 1. The molecule has 0 unspecified atom stereocenters. The van der Waals surface area contributed by atoms with E-state index in [-0.39, 0.29) is 23.8 Å². The van der Waals surface area contributed by atoms with Gasteiger partial charge >= 0.3 is 12.9 Å². The molecule has 0 aliphatic carbocycles. The van der Waals surface area contributed by atoms with Gasteiger partial charge in [-0.15, -0.1) is 0 Å². The van der Waals surface area contributed by atoms with Crippen LogP contribution in [-0.4, -0.2) is 47.0 Å². The van der Waals surface area contributed by atoms with Crippen molar-refractivity contribution in [2.45, 2.75) is 65.1 Å². The molecule has 2 heterocycles. The highest BCUT2D eigenvalue weighted by Crippen LogP contribution is 2.45. The third kappa shape index (κ3) is 4.79. The van der Waals surface area contributed by atoms with Crippen LogP contribution in [0.3, 0.4) is 0 Å². The number of carbonyl (C=O) groups is 2. The first-order chi connectivity index (χ1) is 15.6. The van der Waals surface area contributed by atoms with Crippen LogP contribution in [0.15, 0.2) is 48.5 Å². The van der Waals surface area contributed by atoms with Crippen molar-refractivity contribution in [3.8, 4) is 5.75 Å². The maximum atomic E-state index is 12.9. The van der Waals surface area contributed by atoms with Gasteiger partial charge in [-0.05, 0) is 73.7 Å². The second kappa shape index (κ2) is 8.86. The number of carboxylic acids is 1. The maximum Gasteiger partial charge on any atom is 0.327 e. The summed E-state index contributed by atoms with van der Waals surface area (Å²) in [7, 11) is 0. The topological polar surface area (TPSA) is 76.1 Å². The number of rotatable bonds is 6. The summed E-state index contributed by atoms with van der Waals surface area (Å²) in [5.41, 5.74) is 2.43. The van der Waals surface area contributed by atoms with E-state index in [4.69, 9.17) is 9.39 Å². The van der Waals surface area contributed by atoms with Crippen LogP contribution in [0, 0.1) is 5.41 Å². The minimum Gasteiger partial charge on any atom is -0.489 e. The summed E-state index contributed by atoms with van der Waals surface area (Å²) < 4.78 is 12.3. The molecule has 2 aromatic carbocycles. The fraction of sp³-hybridized carbons (Fsp3) is 0.462. The molecule has 2 aliphatic rings.